The van der Waals surface area contributed by atoms with Crippen LogP contribution in [0.4, 0.5) is 5.69 Å². The summed E-state index contributed by atoms with van der Waals surface area (Å²) in [6, 6.07) is 15.9. The van der Waals surface area contributed by atoms with Gasteiger partial charge in [-0.15, -0.1) is 0 Å². The maximum absolute atomic E-state index is 12.9. The third-order valence-electron chi connectivity index (χ3n) is 4.73. The Hall–Kier alpha value is -2.49. The van der Waals surface area contributed by atoms with Gasteiger partial charge in [0.25, 0.3) is 5.91 Å². The van der Waals surface area contributed by atoms with Crippen LogP contribution >= 0.6 is 0 Å². The lowest BCUT2D eigenvalue weighted by Gasteiger charge is -2.33. The first-order valence-electron chi connectivity index (χ1n) is 8.84. The van der Waals surface area contributed by atoms with Crippen molar-refractivity contribution in [3.63, 3.8) is 0 Å². The van der Waals surface area contributed by atoms with Crippen molar-refractivity contribution >= 4 is 11.6 Å². The number of amides is 1. The van der Waals surface area contributed by atoms with Crippen LogP contribution in [-0.4, -0.2) is 44.1 Å². The Morgan fingerprint density at radius 3 is 2.36 bits per heavy atom. The number of hydrogen-bond donors (Lipinski definition) is 0. The van der Waals surface area contributed by atoms with E-state index in [9.17, 15) is 4.79 Å². The zero-order valence-corrected chi connectivity index (χ0v) is 15.2. The smallest absolute Gasteiger partial charge is 0.255 e. The van der Waals surface area contributed by atoms with E-state index in [1.807, 2.05) is 66.4 Å². The fourth-order valence-corrected chi connectivity index (χ4v) is 3.26. The average molecular weight is 338 g/mol. The molecule has 0 atom stereocenters. The highest BCUT2D eigenvalue weighted by Gasteiger charge is 2.26. The summed E-state index contributed by atoms with van der Waals surface area (Å²) in [5.74, 6) is 1.06. The van der Waals surface area contributed by atoms with Crippen LogP contribution in [0.15, 0.2) is 48.5 Å². The van der Waals surface area contributed by atoms with E-state index in [0.717, 1.165) is 48.5 Å². The second-order valence-corrected chi connectivity index (χ2v) is 6.79. The molecule has 3 rings (SSSR count). The van der Waals surface area contributed by atoms with Crippen molar-refractivity contribution in [2.24, 2.45) is 0 Å². The van der Waals surface area contributed by atoms with E-state index in [2.05, 4.69) is 13.0 Å². The molecule has 0 aromatic heterocycles. The Balaban J connectivity index is 1.63. The average Bonchev–Trinajstić information content (AvgIpc) is 2.63. The number of carbonyl (C=O) groups is 1. The summed E-state index contributed by atoms with van der Waals surface area (Å²) in [6.45, 7) is 3.53. The molecule has 1 amide bonds. The number of anilines is 1. The van der Waals surface area contributed by atoms with Crippen LogP contribution in [0.3, 0.4) is 0 Å². The summed E-state index contributed by atoms with van der Waals surface area (Å²) in [5.41, 5.74) is 2.89. The number of benzene rings is 2. The Morgan fingerprint density at radius 2 is 1.68 bits per heavy atom. The highest BCUT2D eigenvalue weighted by Crippen LogP contribution is 2.25. The molecule has 4 nitrogen and oxygen atoms in total. The monoisotopic (exact) mass is 338 g/mol. The molecule has 0 unspecified atom stereocenters. The summed E-state index contributed by atoms with van der Waals surface area (Å²) in [5, 5.41) is 0. The molecule has 1 heterocycles. The van der Waals surface area contributed by atoms with Gasteiger partial charge in [0.1, 0.15) is 11.9 Å². The number of nitrogens with zero attached hydrogens (tertiary/aromatic N) is 2. The molecule has 2 aromatic rings. The van der Waals surface area contributed by atoms with Gasteiger partial charge >= 0.3 is 0 Å². The van der Waals surface area contributed by atoms with Crippen LogP contribution < -0.4 is 9.64 Å². The van der Waals surface area contributed by atoms with Gasteiger partial charge < -0.3 is 14.5 Å². The van der Waals surface area contributed by atoms with Gasteiger partial charge in [-0.05, 0) is 30.7 Å². The van der Waals surface area contributed by atoms with E-state index in [1.54, 1.807) is 0 Å². The first kappa shape index (κ1) is 17.3. The second kappa shape index (κ2) is 7.60. The topological polar surface area (TPSA) is 32.8 Å². The summed E-state index contributed by atoms with van der Waals surface area (Å²) < 4.78 is 6.14. The molecule has 1 aliphatic heterocycles. The Labute approximate surface area is 150 Å². The lowest BCUT2D eigenvalue weighted by molar-refractivity contribution is 0.0595. The van der Waals surface area contributed by atoms with Crippen LogP contribution in [0.1, 0.15) is 28.8 Å². The maximum atomic E-state index is 12.9. The van der Waals surface area contributed by atoms with Crippen LogP contribution in [0.25, 0.3) is 0 Å². The van der Waals surface area contributed by atoms with E-state index in [-0.39, 0.29) is 12.0 Å². The minimum Gasteiger partial charge on any atom is -0.490 e. The van der Waals surface area contributed by atoms with Gasteiger partial charge in [-0.3, -0.25) is 4.79 Å². The van der Waals surface area contributed by atoms with Crippen molar-refractivity contribution in [3.8, 4) is 5.75 Å². The molecule has 132 valence electrons. The molecule has 0 radical (unpaired) electrons. The van der Waals surface area contributed by atoms with Crippen LogP contribution in [0.5, 0.6) is 5.75 Å². The standard InChI is InChI=1S/C21H26N2O2/c1-16-8-4-7-11-20(16)25-17-12-14-23(15-13-17)21(24)18-9-5-6-10-19(18)22(2)3/h4-11,17H,12-15H2,1-3H3. The molecular weight excluding hydrogens is 312 g/mol. The van der Waals surface area contributed by atoms with Crippen LogP contribution in [0.2, 0.25) is 0 Å². The van der Waals surface area contributed by atoms with E-state index in [1.165, 1.54) is 0 Å². The molecule has 4 heteroatoms. The molecule has 1 saturated heterocycles. The van der Waals surface area contributed by atoms with E-state index >= 15 is 0 Å². The van der Waals surface area contributed by atoms with E-state index in [4.69, 9.17) is 4.74 Å². The number of rotatable bonds is 4. The molecule has 0 bridgehead atoms. The first-order valence-corrected chi connectivity index (χ1v) is 8.84. The van der Waals surface area contributed by atoms with Gasteiger partial charge in [0.05, 0.1) is 5.56 Å². The molecule has 2 aromatic carbocycles. The van der Waals surface area contributed by atoms with Crippen molar-refractivity contribution in [1.82, 2.24) is 4.90 Å². The van der Waals surface area contributed by atoms with Crippen molar-refractivity contribution in [2.75, 3.05) is 32.1 Å². The molecule has 0 spiro atoms. The Kier molecular flexibility index (Phi) is 5.27. The van der Waals surface area contributed by atoms with Gasteiger partial charge in [0, 0.05) is 45.7 Å². The second-order valence-electron chi connectivity index (χ2n) is 6.79. The quantitative estimate of drug-likeness (QED) is 0.851. The lowest BCUT2D eigenvalue weighted by atomic mass is 10.0. The van der Waals surface area contributed by atoms with Crippen molar-refractivity contribution in [1.29, 1.82) is 0 Å². The third kappa shape index (κ3) is 3.95. The van der Waals surface area contributed by atoms with Crippen molar-refractivity contribution in [2.45, 2.75) is 25.9 Å². The van der Waals surface area contributed by atoms with Crippen LogP contribution in [0, 0.1) is 6.92 Å². The predicted molar refractivity (Wildman–Crippen MR) is 102 cm³/mol. The number of ether oxygens (including phenoxy) is 1. The fraction of sp³-hybridized carbons (Fsp3) is 0.381. The Bertz CT molecular complexity index is 734. The number of aryl methyl sites for hydroxylation is 1. The first-order chi connectivity index (χ1) is 12.1. The van der Waals surface area contributed by atoms with Crippen LogP contribution in [-0.2, 0) is 0 Å². The summed E-state index contributed by atoms with van der Waals surface area (Å²) in [4.78, 5) is 16.8. The van der Waals surface area contributed by atoms with E-state index < -0.39 is 0 Å². The normalized spacial score (nSPS) is 15.1. The molecule has 1 aliphatic rings. The molecular formula is C21H26N2O2. The highest BCUT2D eigenvalue weighted by molar-refractivity contribution is 5.99. The van der Waals surface area contributed by atoms with Gasteiger partial charge in [0.15, 0.2) is 0 Å². The van der Waals surface area contributed by atoms with Gasteiger partial charge in [0.2, 0.25) is 0 Å². The maximum Gasteiger partial charge on any atom is 0.255 e. The summed E-state index contributed by atoms with van der Waals surface area (Å²) in [7, 11) is 3.93. The van der Waals surface area contributed by atoms with E-state index in [0.29, 0.717) is 0 Å². The Morgan fingerprint density at radius 1 is 1.04 bits per heavy atom. The molecule has 25 heavy (non-hydrogen) atoms. The fourth-order valence-electron chi connectivity index (χ4n) is 3.26. The molecule has 1 fully saturated rings. The van der Waals surface area contributed by atoms with Gasteiger partial charge in [-0.25, -0.2) is 0 Å². The van der Waals surface area contributed by atoms with Gasteiger partial charge in [-0.2, -0.15) is 0 Å². The SMILES string of the molecule is Cc1ccccc1OC1CCN(C(=O)c2ccccc2N(C)C)CC1. The predicted octanol–water partition coefficient (Wildman–Crippen LogP) is 3.74. The molecule has 0 aliphatic carbocycles. The number of piperidine rings is 1. The largest absolute Gasteiger partial charge is 0.490 e. The summed E-state index contributed by atoms with van der Waals surface area (Å²) in [6.07, 6.45) is 1.91. The minimum absolute atomic E-state index is 0.110. The number of hydrogen-bond acceptors (Lipinski definition) is 3. The molecule has 0 saturated carbocycles. The minimum atomic E-state index is 0.110. The summed E-state index contributed by atoms with van der Waals surface area (Å²) >= 11 is 0. The van der Waals surface area contributed by atoms with Crippen molar-refractivity contribution in [3.05, 3.63) is 59.7 Å². The number of carbonyl (C=O) groups excluding carboxylic acids is 1. The highest BCUT2D eigenvalue weighted by atomic mass is 16.5. The zero-order chi connectivity index (χ0) is 17.8. The lowest BCUT2D eigenvalue weighted by Crippen LogP contribution is -2.42. The molecule has 0 N–H and O–H groups in total. The zero-order valence-electron chi connectivity index (χ0n) is 15.2. The van der Waals surface area contributed by atoms with Crippen molar-refractivity contribution < 1.29 is 9.53 Å². The third-order valence-corrected chi connectivity index (χ3v) is 4.73. The van der Waals surface area contributed by atoms with Gasteiger partial charge in [-0.1, -0.05) is 30.3 Å². The number of likely N-dealkylation sites (tertiary alicyclic amines) is 1. The number of para-hydroxylation sites is 2.